The number of benzene rings is 1. The Labute approximate surface area is 143 Å². The number of urea groups is 1. The van der Waals surface area contributed by atoms with E-state index in [-0.39, 0.29) is 23.8 Å². The second kappa shape index (κ2) is 7.44. The number of nitrogens with one attached hydrogen (secondary N) is 1. The third-order valence-corrected chi connectivity index (χ3v) is 3.91. The molecule has 0 radical (unpaired) electrons. The van der Waals surface area contributed by atoms with Gasteiger partial charge in [0, 0.05) is 25.9 Å². The number of aromatic nitrogens is 2. The molecular formula is C16H16ClFN4O2. The molecule has 6 nitrogen and oxygen atoms in total. The van der Waals surface area contributed by atoms with Crippen LogP contribution < -0.4 is 10.1 Å². The number of para-hydroxylation sites is 1. The van der Waals surface area contributed by atoms with Gasteiger partial charge in [0.1, 0.15) is 11.9 Å². The van der Waals surface area contributed by atoms with Gasteiger partial charge < -0.3 is 15.0 Å². The molecule has 24 heavy (non-hydrogen) atoms. The van der Waals surface area contributed by atoms with E-state index in [2.05, 4.69) is 15.3 Å². The van der Waals surface area contributed by atoms with Crippen molar-refractivity contribution in [3.8, 4) is 6.01 Å². The van der Waals surface area contributed by atoms with Crippen molar-refractivity contribution in [3.05, 3.63) is 47.5 Å². The monoisotopic (exact) mass is 350 g/mol. The predicted octanol–water partition coefficient (Wildman–Crippen LogP) is 3.34. The number of carbonyl (C=O) groups excluding carboxylic acids is 1. The highest BCUT2D eigenvalue weighted by Crippen LogP contribution is 2.18. The van der Waals surface area contributed by atoms with E-state index in [1.54, 1.807) is 17.0 Å². The van der Waals surface area contributed by atoms with Crippen molar-refractivity contribution < 1.29 is 13.9 Å². The lowest BCUT2D eigenvalue weighted by molar-refractivity contribution is 0.107. The first-order chi connectivity index (χ1) is 11.6. The molecule has 1 fully saturated rings. The molecule has 8 heteroatoms. The number of carbonyl (C=O) groups is 1. The third-order valence-electron chi connectivity index (χ3n) is 3.71. The number of anilines is 1. The quantitative estimate of drug-likeness (QED) is 0.921. The fourth-order valence-corrected chi connectivity index (χ4v) is 2.54. The molecule has 1 N–H and O–H groups in total. The zero-order valence-electron chi connectivity index (χ0n) is 12.8. The minimum atomic E-state index is -0.455. The Bertz CT molecular complexity index is 705. The SMILES string of the molecule is O=C(Nc1ccccc1F)N1CCC(Oc2ncc(Cl)cn2)CC1. The summed E-state index contributed by atoms with van der Waals surface area (Å²) in [5.41, 5.74) is 0.176. The smallest absolute Gasteiger partial charge is 0.321 e. The van der Waals surface area contributed by atoms with Gasteiger partial charge >= 0.3 is 12.0 Å². The van der Waals surface area contributed by atoms with Crippen molar-refractivity contribution >= 4 is 23.3 Å². The molecule has 1 saturated heterocycles. The predicted molar refractivity (Wildman–Crippen MR) is 87.7 cm³/mol. The lowest BCUT2D eigenvalue weighted by Crippen LogP contribution is -2.44. The summed E-state index contributed by atoms with van der Waals surface area (Å²) in [6, 6.07) is 6.04. The normalized spacial score (nSPS) is 15.2. The highest BCUT2D eigenvalue weighted by Gasteiger charge is 2.25. The molecule has 0 spiro atoms. The van der Waals surface area contributed by atoms with Crippen LogP contribution >= 0.6 is 11.6 Å². The molecule has 0 aliphatic carbocycles. The van der Waals surface area contributed by atoms with Crippen molar-refractivity contribution in [3.63, 3.8) is 0 Å². The summed E-state index contributed by atoms with van der Waals surface area (Å²) >= 11 is 5.73. The van der Waals surface area contributed by atoms with Gasteiger partial charge in [-0.15, -0.1) is 0 Å². The number of piperidine rings is 1. The van der Waals surface area contributed by atoms with Gasteiger partial charge in [0.2, 0.25) is 0 Å². The largest absolute Gasteiger partial charge is 0.460 e. The van der Waals surface area contributed by atoms with E-state index in [0.717, 1.165) is 0 Å². The number of amides is 2. The van der Waals surface area contributed by atoms with Crippen LogP contribution in [0.2, 0.25) is 5.02 Å². The van der Waals surface area contributed by atoms with Crippen LogP contribution in [0.3, 0.4) is 0 Å². The molecule has 2 amide bonds. The van der Waals surface area contributed by atoms with Crippen LogP contribution in [0.15, 0.2) is 36.7 Å². The molecule has 3 rings (SSSR count). The van der Waals surface area contributed by atoms with Crippen LogP contribution in [-0.2, 0) is 0 Å². The van der Waals surface area contributed by atoms with Gasteiger partial charge in [-0.2, -0.15) is 0 Å². The minimum absolute atomic E-state index is 0.0660. The van der Waals surface area contributed by atoms with Gasteiger partial charge in [0.25, 0.3) is 0 Å². The summed E-state index contributed by atoms with van der Waals surface area (Å²) in [4.78, 5) is 21.8. The first kappa shape index (κ1) is 16.4. The minimum Gasteiger partial charge on any atom is -0.460 e. The molecule has 1 aliphatic rings. The maximum absolute atomic E-state index is 13.6. The lowest BCUT2D eigenvalue weighted by atomic mass is 10.1. The fraction of sp³-hybridized carbons (Fsp3) is 0.312. The number of nitrogens with zero attached hydrogens (tertiary/aromatic N) is 3. The molecule has 2 aromatic rings. The standard InChI is InChI=1S/C16H16ClFN4O2/c17-11-9-19-15(20-10-11)24-12-5-7-22(8-6-12)16(23)21-14-4-2-1-3-13(14)18/h1-4,9-10,12H,5-8H2,(H,21,23). The van der Waals surface area contributed by atoms with Crippen LogP contribution in [0, 0.1) is 5.82 Å². The molecule has 1 aromatic carbocycles. The number of halogens is 2. The van der Waals surface area contributed by atoms with Gasteiger partial charge in [0.15, 0.2) is 0 Å². The number of ether oxygens (including phenoxy) is 1. The molecule has 0 atom stereocenters. The van der Waals surface area contributed by atoms with E-state index in [1.165, 1.54) is 24.5 Å². The number of hydrogen-bond acceptors (Lipinski definition) is 4. The summed E-state index contributed by atoms with van der Waals surface area (Å²) in [6.45, 7) is 1.02. The zero-order chi connectivity index (χ0) is 16.9. The van der Waals surface area contributed by atoms with Crippen molar-refractivity contribution in [2.45, 2.75) is 18.9 Å². The fourth-order valence-electron chi connectivity index (χ4n) is 2.44. The second-order valence-electron chi connectivity index (χ2n) is 5.40. The lowest BCUT2D eigenvalue weighted by Gasteiger charge is -2.31. The van der Waals surface area contributed by atoms with Gasteiger partial charge in [-0.1, -0.05) is 23.7 Å². The van der Waals surface area contributed by atoms with Crippen molar-refractivity contribution in [1.29, 1.82) is 0 Å². The number of likely N-dealkylation sites (tertiary alicyclic amines) is 1. The Balaban J connectivity index is 1.50. The molecule has 1 aromatic heterocycles. The second-order valence-corrected chi connectivity index (χ2v) is 5.83. The Morgan fingerprint density at radius 3 is 2.58 bits per heavy atom. The first-order valence-corrected chi connectivity index (χ1v) is 7.94. The molecular weight excluding hydrogens is 335 g/mol. The Hall–Kier alpha value is -2.41. The van der Waals surface area contributed by atoms with E-state index in [9.17, 15) is 9.18 Å². The first-order valence-electron chi connectivity index (χ1n) is 7.56. The van der Waals surface area contributed by atoms with Gasteiger partial charge in [0.05, 0.1) is 23.1 Å². The summed E-state index contributed by atoms with van der Waals surface area (Å²) in [6.07, 6.45) is 4.18. The van der Waals surface area contributed by atoms with Crippen molar-refractivity contribution in [1.82, 2.24) is 14.9 Å². The van der Waals surface area contributed by atoms with Gasteiger partial charge in [-0.3, -0.25) is 0 Å². The number of hydrogen-bond donors (Lipinski definition) is 1. The average molecular weight is 351 g/mol. The topological polar surface area (TPSA) is 67.4 Å². The molecule has 0 bridgehead atoms. The number of rotatable bonds is 3. The van der Waals surface area contributed by atoms with E-state index in [1.807, 2.05) is 0 Å². The molecule has 126 valence electrons. The highest BCUT2D eigenvalue weighted by molar-refractivity contribution is 6.30. The summed E-state index contributed by atoms with van der Waals surface area (Å²) in [7, 11) is 0. The molecule has 1 aliphatic heterocycles. The summed E-state index contributed by atoms with van der Waals surface area (Å²) in [5.74, 6) is -0.455. The Morgan fingerprint density at radius 1 is 1.25 bits per heavy atom. The van der Waals surface area contributed by atoms with E-state index in [0.29, 0.717) is 31.0 Å². The molecule has 0 saturated carbocycles. The average Bonchev–Trinajstić information content (AvgIpc) is 2.59. The van der Waals surface area contributed by atoms with Crippen molar-refractivity contribution in [2.24, 2.45) is 0 Å². The van der Waals surface area contributed by atoms with Crippen LogP contribution in [0.5, 0.6) is 6.01 Å². The van der Waals surface area contributed by atoms with Crippen LogP contribution in [0.25, 0.3) is 0 Å². The summed E-state index contributed by atoms with van der Waals surface area (Å²) < 4.78 is 19.2. The van der Waals surface area contributed by atoms with Gasteiger partial charge in [-0.05, 0) is 12.1 Å². The summed E-state index contributed by atoms with van der Waals surface area (Å²) in [5, 5.41) is 3.03. The Morgan fingerprint density at radius 2 is 1.92 bits per heavy atom. The van der Waals surface area contributed by atoms with Gasteiger partial charge in [-0.25, -0.2) is 19.2 Å². The molecule has 0 unspecified atom stereocenters. The van der Waals surface area contributed by atoms with Crippen molar-refractivity contribution in [2.75, 3.05) is 18.4 Å². The van der Waals surface area contributed by atoms with Crippen LogP contribution in [0.4, 0.5) is 14.9 Å². The maximum Gasteiger partial charge on any atom is 0.321 e. The highest BCUT2D eigenvalue weighted by atomic mass is 35.5. The molecule has 2 heterocycles. The third kappa shape index (κ3) is 4.11. The van der Waals surface area contributed by atoms with Crippen LogP contribution in [0.1, 0.15) is 12.8 Å². The van der Waals surface area contributed by atoms with E-state index in [4.69, 9.17) is 16.3 Å². The Kier molecular flexibility index (Phi) is 5.10. The van der Waals surface area contributed by atoms with E-state index < -0.39 is 5.82 Å². The van der Waals surface area contributed by atoms with E-state index >= 15 is 0 Å². The zero-order valence-corrected chi connectivity index (χ0v) is 13.5. The van der Waals surface area contributed by atoms with Crippen LogP contribution in [-0.4, -0.2) is 40.1 Å². The maximum atomic E-state index is 13.6.